The zero-order valence-electron chi connectivity index (χ0n) is 14.7. The van der Waals surface area contributed by atoms with Gasteiger partial charge in [-0.1, -0.05) is 67.2 Å². The van der Waals surface area contributed by atoms with E-state index in [-0.39, 0.29) is 5.97 Å². The molecule has 2 aromatic rings. The molecule has 0 aromatic heterocycles. The van der Waals surface area contributed by atoms with Crippen LogP contribution in [0.4, 0.5) is 0 Å². The molecule has 0 saturated heterocycles. The van der Waals surface area contributed by atoms with Crippen molar-refractivity contribution in [3.8, 4) is 0 Å². The molecule has 0 N–H and O–H groups in total. The molecule has 0 spiro atoms. The number of unbranched alkanes of at least 4 members (excludes halogenated alkanes) is 2. The van der Waals surface area contributed by atoms with Crippen LogP contribution in [0.5, 0.6) is 0 Å². The molecule has 2 rings (SSSR count). The molecule has 0 aliphatic carbocycles. The van der Waals surface area contributed by atoms with Crippen LogP contribution in [0.3, 0.4) is 0 Å². The molecule has 0 aliphatic rings. The predicted molar refractivity (Wildman–Crippen MR) is 104 cm³/mol. The molecule has 25 heavy (non-hydrogen) atoms. The van der Waals surface area contributed by atoms with Gasteiger partial charge in [0.15, 0.2) is 0 Å². The summed E-state index contributed by atoms with van der Waals surface area (Å²) < 4.78 is 18.8. The third-order valence-corrected chi connectivity index (χ3v) is 7.26. The van der Waals surface area contributed by atoms with E-state index in [4.69, 9.17) is 4.74 Å². The molecule has 0 saturated carbocycles. The molecule has 0 heterocycles. The lowest BCUT2D eigenvalue weighted by molar-refractivity contribution is -0.139. The minimum Gasteiger partial charge on any atom is -0.462 e. The molecule has 0 fully saturated rings. The Hall–Kier alpha value is -2.12. The lowest BCUT2D eigenvalue weighted by Gasteiger charge is -2.19. The number of carbonyl (C=O) groups is 1. The lowest BCUT2D eigenvalue weighted by atomic mass is 10.3. The minimum atomic E-state index is -2.63. The summed E-state index contributed by atoms with van der Waals surface area (Å²) in [5.41, 5.74) is 0.414. The fourth-order valence-corrected chi connectivity index (χ4v) is 5.44. The first kappa shape index (κ1) is 19.2. The van der Waals surface area contributed by atoms with Crippen LogP contribution in [0.15, 0.2) is 72.8 Å². The Balaban J connectivity index is 1.96. The van der Waals surface area contributed by atoms with Crippen molar-refractivity contribution in [2.75, 3.05) is 12.8 Å². The smallest absolute Gasteiger partial charge is 0.333 e. The number of esters is 1. The lowest BCUT2D eigenvalue weighted by Crippen LogP contribution is -2.18. The van der Waals surface area contributed by atoms with Gasteiger partial charge in [-0.25, -0.2) is 4.79 Å². The van der Waals surface area contributed by atoms with Crippen LogP contribution in [-0.2, 0) is 14.1 Å². The molecule has 2 aromatic carbocycles. The topological polar surface area (TPSA) is 43.4 Å². The average molecular weight is 356 g/mol. The van der Waals surface area contributed by atoms with Crippen molar-refractivity contribution in [2.45, 2.75) is 26.2 Å². The van der Waals surface area contributed by atoms with Crippen molar-refractivity contribution in [3.63, 3.8) is 0 Å². The summed E-state index contributed by atoms with van der Waals surface area (Å²) in [5, 5.41) is 1.80. The van der Waals surface area contributed by atoms with Gasteiger partial charge < -0.3 is 9.30 Å². The van der Waals surface area contributed by atoms with Crippen molar-refractivity contribution in [1.29, 1.82) is 0 Å². The Morgan fingerprint density at radius 1 is 0.920 bits per heavy atom. The Bertz CT molecular complexity index is 695. The third-order valence-electron chi connectivity index (χ3n) is 4.05. The number of ether oxygens (including phenoxy) is 1. The minimum absolute atomic E-state index is 0.348. The van der Waals surface area contributed by atoms with E-state index >= 15 is 0 Å². The van der Waals surface area contributed by atoms with Crippen LogP contribution in [0.2, 0.25) is 0 Å². The largest absolute Gasteiger partial charge is 0.462 e. The van der Waals surface area contributed by atoms with E-state index in [9.17, 15) is 9.36 Å². The number of benzene rings is 2. The molecule has 0 bridgehead atoms. The van der Waals surface area contributed by atoms with Crippen molar-refractivity contribution >= 4 is 23.7 Å². The zero-order chi connectivity index (χ0) is 18.1. The molecular weight excluding hydrogens is 331 g/mol. The second-order valence-corrected chi connectivity index (χ2v) is 9.07. The van der Waals surface area contributed by atoms with Crippen molar-refractivity contribution in [1.82, 2.24) is 0 Å². The van der Waals surface area contributed by atoms with E-state index in [1.165, 1.54) is 0 Å². The molecule has 0 unspecified atom stereocenters. The summed E-state index contributed by atoms with van der Waals surface area (Å²) >= 11 is 0. The molecule has 0 amide bonds. The number of rotatable bonds is 9. The molecular formula is C21H25O3P. The Labute approximate surface area is 150 Å². The van der Waals surface area contributed by atoms with Crippen LogP contribution >= 0.6 is 7.14 Å². The highest BCUT2D eigenvalue weighted by Crippen LogP contribution is 2.44. The van der Waals surface area contributed by atoms with Gasteiger partial charge in [-0.05, 0) is 26.2 Å². The molecule has 0 radical (unpaired) electrons. The molecule has 132 valence electrons. The normalized spacial score (nSPS) is 11.1. The quantitative estimate of drug-likeness (QED) is 0.291. The van der Waals surface area contributed by atoms with Crippen molar-refractivity contribution in [2.24, 2.45) is 0 Å². The zero-order valence-corrected chi connectivity index (χ0v) is 15.6. The van der Waals surface area contributed by atoms with Gasteiger partial charge >= 0.3 is 5.97 Å². The van der Waals surface area contributed by atoms with E-state index in [0.29, 0.717) is 18.3 Å². The fourth-order valence-electron chi connectivity index (χ4n) is 2.65. The summed E-state index contributed by atoms with van der Waals surface area (Å²) in [4.78, 5) is 11.3. The SMILES string of the molecule is C=C(C)C(=O)OCCCCCP(=O)(c1ccccc1)c1ccccc1. The van der Waals surface area contributed by atoms with Crippen LogP contribution < -0.4 is 10.6 Å². The second kappa shape index (κ2) is 9.39. The van der Waals surface area contributed by atoms with Crippen molar-refractivity contribution < 1.29 is 14.1 Å². The Morgan fingerprint density at radius 3 is 1.92 bits per heavy atom. The first-order chi connectivity index (χ1) is 12.0. The Morgan fingerprint density at radius 2 is 1.44 bits per heavy atom. The predicted octanol–water partition coefficient (Wildman–Crippen LogP) is 4.29. The maximum atomic E-state index is 13.7. The van der Waals surface area contributed by atoms with Gasteiger partial charge in [0.05, 0.1) is 6.61 Å². The van der Waals surface area contributed by atoms with Gasteiger partial charge in [0.25, 0.3) is 0 Å². The van der Waals surface area contributed by atoms with E-state index in [2.05, 4.69) is 6.58 Å². The highest BCUT2D eigenvalue weighted by atomic mass is 31.2. The molecule has 0 atom stereocenters. The highest BCUT2D eigenvalue weighted by molar-refractivity contribution is 7.78. The van der Waals surface area contributed by atoms with E-state index < -0.39 is 7.14 Å². The Kier molecular flexibility index (Phi) is 7.21. The van der Waals surface area contributed by atoms with Gasteiger partial charge in [0.2, 0.25) is 0 Å². The molecule has 0 aliphatic heterocycles. The van der Waals surface area contributed by atoms with E-state index in [1.807, 2.05) is 60.7 Å². The third kappa shape index (κ3) is 5.44. The van der Waals surface area contributed by atoms with E-state index in [1.54, 1.807) is 6.92 Å². The van der Waals surface area contributed by atoms with Crippen molar-refractivity contribution in [3.05, 3.63) is 72.8 Å². The van der Waals surface area contributed by atoms with Crippen LogP contribution in [-0.4, -0.2) is 18.7 Å². The van der Waals surface area contributed by atoms with Gasteiger partial charge in [-0.3, -0.25) is 0 Å². The van der Waals surface area contributed by atoms with Gasteiger partial charge in [-0.15, -0.1) is 0 Å². The summed E-state index contributed by atoms with van der Waals surface area (Å²) in [6.45, 7) is 5.58. The number of hydrogen-bond donors (Lipinski definition) is 0. The summed E-state index contributed by atoms with van der Waals surface area (Å²) in [6, 6.07) is 19.4. The summed E-state index contributed by atoms with van der Waals surface area (Å²) in [5.74, 6) is -0.348. The van der Waals surface area contributed by atoms with E-state index in [0.717, 1.165) is 29.9 Å². The van der Waals surface area contributed by atoms with Crippen LogP contribution in [0.1, 0.15) is 26.2 Å². The van der Waals surface area contributed by atoms with Gasteiger partial charge in [-0.2, -0.15) is 0 Å². The summed E-state index contributed by atoms with van der Waals surface area (Å²) in [7, 11) is -2.63. The fraction of sp³-hybridized carbons (Fsp3) is 0.286. The van der Waals surface area contributed by atoms with Crippen LogP contribution in [0.25, 0.3) is 0 Å². The molecule has 4 heteroatoms. The summed E-state index contributed by atoms with van der Waals surface area (Å²) in [6.07, 6.45) is 3.08. The van der Waals surface area contributed by atoms with Gasteiger partial charge in [0, 0.05) is 22.3 Å². The number of carbonyl (C=O) groups excluding carboxylic acids is 1. The monoisotopic (exact) mass is 356 g/mol. The first-order valence-electron chi connectivity index (χ1n) is 8.57. The standard InChI is InChI=1S/C21H25O3P/c1-18(2)21(22)24-16-10-5-11-17-25(23,19-12-6-3-7-13-19)20-14-8-4-9-15-20/h3-4,6-9,12-15H,1,5,10-11,16-17H2,2H3. The molecule has 3 nitrogen and oxygen atoms in total. The van der Waals surface area contributed by atoms with Gasteiger partial charge in [0.1, 0.15) is 7.14 Å². The van der Waals surface area contributed by atoms with Crippen LogP contribution in [0, 0.1) is 0 Å². The highest BCUT2D eigenvalue weighted by Gasteiger charge is 2.26. The maximum absolute atomic E-state index is 13.7. The second-order valence-electron chi connectivity index (χ2n) is 6.11. The first-order valence-corrected chi connectivity index (χ1v) is 10.5. The average Bonchev–Trinajstić information content (AvgIpc) is 2.65. The maximum Gasteiger partial charge on any atom is 0.333 e. The number of hydrogen-bond acceptors (Lipinski definition) is 3.